The highest BCUT2D eigenvalue weighted by molar-refractivity contribution is 6.39. The third kappa shape index (κ3) is 5.39. The van der Waals surface area contributed by atoms with Crippen molar-refractivity contribution in [2.75, 3.05) is 10.6 Å². The van der Waals surface area contributed by atoms with Crippen molar-refractivity contribution in [2.45, 2.75) is 0 Å². The van der Waals surface area contributed by atoms with Crippen LogP contribution in [0.25, 0.3) is 0 Å². The summed E-state index contributed by atoms with van der Waals surface area (Å²) in [7, 11) is 0. The van der Waals surface area contributed by atoms with E-state index in [1.54, 1.807) is 36.4 Å². The Balaban J connectivity index is 1.69. The van der Waals surface area contributed by atoms with Crippen molar-refractivity contribution in [3.63, 3.8) is 0 Å². The highest BCUT2D eigenvalue weighted by atomic mass is 35.5. The maximum Gasteiger partial charge on any atom is 0.329 e. The Labute approximate surface area is 175 Å². The van der Waals surface area contributed by atoms with Crippen LogP contribution in [0.2, 0.25) is 5.02 Å². The van der Waals surface area contributed by atoms with Gasteiger partial charge in [-0.1, -0.05) is 35.9 Å². The van der Waals surface area contributed by atoms with E-state index in [-0.39, 0.29) is 11.4 Å². The van der Waals surface area contributed by atoms with Crippen LogP contribution < -0.4 is 16.1 Å². The molecule has 0 atom stereocenters. The van der Waals surface area contributed by atoms with E-state index in [0.29, 0.717) is 16.3 Å². The Morgan fingerprint density at radius 2 is 1.47 bits per heavy atom. The van der Waals surface area contributed by atoms with Crippen molar-refractivity contribution in [1.82, 2.24) is 5.43 Å². The molecule has 0 aliphatic heterocycles. The molecule has 0 saturated carbocycles. The molecule has 0 aromatic heterocycles. The number of halogens is 3. The second kappa shape index (κ2) is 9.62. The predicted octanol–water partition coefficient (Wildman–Crippen LogP) is 4.45. The number of carbonyl (C=O) groups is 2. The third-order valence-electron chi connectivity index (χ3n) is 3.85. The molecule has 0 aliphatic carbocycles. The van der Waals surface area contributed by atoms with E-state index in [2.05, 4.69) is 15.7 Å². The molecular weight excluding hydrogens is 414 g/mol. The number of carbonyl (C=O) groups excluding carboxylic acids is 2. The summed E-state index contributed by atoms with van der Waals surface area (Å²) in [6.45, 7) is 0. The Bertz CT molecular complexity index is 1120. The van der Waals surface area contributed by atoms with Gasteiger partial charge in [0.25, 0.3) is 0 Å². The molecule has 152 valence electrons. The first kappa shape index (κ1) is 20.9. The summed E-state index contributed by atoms with van der Waals surface area (Å²) in [5.41, 5.74) is 3.05. The van der Waals surface area contributed by atoms with E-state index < -0.39 is 23.4 Å². The van der Waals surface area contributed by atoms with E-state index in [9.17, 15) is 18.4 Å². The van der Waals surface area contributed by atoms with Gasteiger partial charge in [0.2, 0.25) is 0 Å². The van der Waals surface area contributed by atoms with E-state index in [1.807, 2.05) is 5.43 Å². The minimum absolute atomic E-state index is 0.132. The van der Waals surface area contributed by atoms with Gasteiger partial charge in [0, 0.05) is 16.3 Å². The molecule has 0 unspecified atom stereocenters. The number of hydrogen-bond acceptors (Lipinski definition) is 4. The average molecular weight is 429 g/mol. The normalized spacial score (nSPS) is 10.6. The molecule has 6 nitrogen and oxygen atoms in total. The molecule has 0 saturated heterocycles. The van der Waals surface area contributed by atoms with E-state index >= 15 is 0 Å². The van der Waals surface area contributed by atoms with Crippen molar-refractivity contribution in [3.8, 4) is 0 Å². The third-order valence-corrected chi connectivity index (χ3v) is 4.09. The van der Waals surface area contributed by atoms with Gasteiger partial charge < -0.3 is 10.6 Å². The quantitative estimate of drug-likeness (QED) is 0.319. The summed E-state index contributed by atoms with van der Waals surface area (Å²) in [4.78, 5) is 23.8. The Kier molecular flexibility index (Phi) is 6.71. The summed E-state index contributed by atoms with van der Waals surface area (Å²) < 4.78 is 27.4. The molecule has 0 aliphatic rings. The van der Waals surface area contributed by atoms with Crippen LogP contribution in [0, 0.1) is 11.6 Å². The fourth-order valence-corrected chi connectivity index (χ4v) is 2.60. The topological polar surface area (TPSA) is 82.6 Å². The number of para-hydroxylation sites is 2. The van der Waals surface area contributed by atoms with Gasteiger partial charge in [-0.05, 0) is 42.5 Å². The summed E-state index contributed by atoms with van der Waals surface area (Å²) in [6.07, 6.45) is 1.24. The predicted molar refractivity (Wildman–Crippen MR) is 112 cm³/mol. The van der Waals surface area contributed by atoms with Gasteiger partial charge in [0.15, 0.2) is 0 Å². The molecule has 3 rings (SSSR count). The van der Waals surface area contributed by atoms with Crippen LogP contribution >= 0.6 is 11.6 Å². The number of hydrazone groups is 1. The largest absolute Gasteiger partial charge is 0.353 e. The van der Waals surface area contributed by atoms with Crippen LogP contribution in [0.4, 0.5) is 25.8 Å². The van der Waals surface area contributed by atoms with Crippen LogP contribution in [0.1, 0.15) is 5.56 Å². The van der Waals surface area contributed by atoms with Gasteiger partial charge in [0.1, 0.15) is 11.6 Å². The SMILES string of the molecule is O=C(N/N=C\c1cc(Cl)ccc1Nc1ccccc1F)C(=O)Nc1ccccc1F. The molecule has 0 radical (unpaired) electrons. The zero-order valence-corrected chi connectivity index (χ0v) is 16.1. The molecule has 3 aromatic carbocycles. The van der Waals surface area contributed by atoms with Crippen molar-refractivity contribution < 1.29 is 18.4 Å². The summed E-state index contributed by atoms with van der Waals surface area (Å²) in [6, 6.07) is 16.3. The monoisotopic (exact) mass is 428 g/mol. The lowest BCUT2D eigenvalue weighted by Crippen LogP contribution is -2.32. The number of hydrogen-bond donors (Lipinski definition) is 3. The van der Waals surface area contributed by atoms with Crippen LogP contribution in [-0.4, -0.2) is 18.0 Å². The molecule has 3 aromatic rings. The van der Waals surface area contributed by atoms with Crippen LogP contribution in [0.5, 0.6) is 0 Å². The second-order valence-electron chi connectivity index (χ2n) is 5.97. The van der Waals surface area contributed by atoms with Crippen molar-refractivity contribution >= 4 is 46.7 Å². The minimum atomic E-state index is -1.10. The summed E-state index contributed by atoms with van der Waals surface area (Å²) >= 11 is 6.00. The molecule has 0 fully saturated rings. The van der Waals surface area contributed by atoms with Crippen LogP contribution in [0.3, 0.4) is 0 Å². The molecule has 3 N–H and O–H groups in total. The van der Waals surface area contributed by atoms with Crippen molar-refractivity contribution in [2.24, 2.45) is 5.10 Å². The van der Waals surface area contributed by atoms with Crippen molar-refractivity contribution in [3.05, 3.63) is 89.0 Å². The van der Waals surface area contributed by atoms with Gasteiger partial charge >= 0.3 is 11.8 Å². The van der Waals surface area contributed by atoms with E-state index in [0.717, 1.165) is 6.07 Å². The number of amides is 2. The zero-order chi connectivity index (χ0) is 21.5. The van der Waals surface area contributed by atoms with Gasteiger partial charge in [-0.2, -0.15) is 5.10 Å². The fourth-order valence-electron chi connectivity index (χ4n) is 2.41. The van der Waals surface area contributed by atoms with Crippen LogP contribution in [-0.2, 0) is 9.59 Å². The average Bonchev–Trinajstić information content (AvgIpc) is 2.73. The zero-order valence-electron chi connectivity index (χ0n) is 15.3. The van der Waals surface area contributed by atoms with Crippen LogP contribution in [0.15, 0.2) is 71.8 Å². The smallest absolute Gasteiger partial charge is 0.329 e. The molecule has 0 spiro atoms. The number of nitrogens with one attached hydrogen (secondary N) is 3. The minimum Gasteiger partial charge on any atom is -0.353 e. The number of rotatable bonds is 5. The Morgan fingerprint density at radius 3 is 2.13 bits per heavy atom. The van der Waals surface area contributed by atoms with Gasteiger partial charge in [-0.3, -0.25) is 9.59 Å². The number of benzene rings is 3. The highest BCUT2D eigenvalue weighted by Crippen LogP contribution is 2.24. The van der Waals surface area contributed by atoms with Gasteiger partial charge in [-0.15, -0.1) is 0 Å². The molecular formula is C21H15ClF2N4O2. The summed E-state index contributed by atoms with van der Waals surface area (Å²) in [5.74, 6) is -3.31. The van der Waals surface area contributed by atoms with E-state index in [4.69, 9.17) is 11.6 Å². The van der Waals surface area contributed by atoms with Gasteiger partial charge in [0.05, 0.1) is 17.6 Å². The first-order chi connectivity index (χ1) is 14.4. The molecule has 0 heterocycles. The maximum absolute atomic E-state index is 13.9. The first-order valence-corrected chi connectivity index (χ1v) is 9.02. The summed E-state index contributed by atoms with van der Waals surface area (Å²) in [5, 5.41) is 9.16. The lowest BCUT2D eigenvalue weighted by molar-refractivity contribution is -0.136. The maximum atomic E-state index is 13.9. The standard InChI is InChI=1S/C21H15ClF2N4O2/c22-14-9-10-17(26-18-7-3-1-5-15(18)23)13(11-14)12-25-28-21(30)20(29)27-19-8-4-2-6-16(19)24/h1-12,26H,(H,27,29)(H,28,30)/b25-12-. The lowest BCUT2D eigenvalue weighted by atomic mass is 10.2. The number of anilines is 3. The second-order valence-corrected chi connectivity index (χ2v) is 6.41. The molecule has 2 amide bonds. The molecule has 9 heteroatoms. The fraction of sp³-hybridized carbons (Fsp3) is 0. The highest BCUT2D eigenvalue weighted by Gasteiger charge is 2.14. The number of nitrogens with zero attached hydrogens (tertiary/aromatic N) is 1. The molecule has 0 bridgehead atoms. The first-order valence-electron chi connectivity index (χ1n) is 8.64. The van der Waals surface area contributed by atoms with Gasteiger partial charge in [-0.25, -0.2) is 14.2 Å². The van der Waals surface area contributed by atoms with E-state index in [1.165, 1.54) is 30.5 Å². The Morgan fingerprint density at radius 1 is 0.833 bits per heavy atom. The molecule has 30 heavy (non-hydrogen) atoms. The Hall–Kier alpha value is -3.78. The lowest BCUT2D eigenvalue weighted by Gasteiger charge is -2.10. The van der Waals surface area contributed by atoms with Crippen molar-refractivity contribution in [1.29, 1.82) is 0 Å².